The first-order valence-electron chi connectivity index (χ1n) is 10.4. The first-order chi connectivity index (χ1) is 12.9. The summed E-state index contributed by atoms with van der Waals surface area (Å²) in [5, 5.41) is 12.9. The molecule has 0 radical (unpaired) electrons. The Morgan fingerprint density at radius 3 is 2.85 bits per heavy atom. The Morgan fingerprint density at radius 1 is 1.26 bits per heavy atom. The first kappa shape index (κ1) is 18.2. The Kier molecular flexibility index (Phi) is 4.09. The van der Waals surface area contributed by atoms with Gasteiger partial charge in [0.1, 0.15) is 6.04 Å². The second-order valence-electron chi connectivity index (χ2n) is 9.49. The van der Waals surface area contributed by atoms with E-state index in [1.807, 2.05) is 0 Å². The van der Waals surface area contributed by atoms with E-state index in [-0.39, 0.29) is 23.0 Å². The zero-order valence-corrected chi connectivity index (χ0v) is 16.6. The van der Waals surface area contributed by atoms with Crippen LogP contribution in [0.4, 0.5) is 0 Å². The first-order valence-corrected chi connectivity index (χ1v) is 12.0. The second-order valence-corrected chi connectivity index (χ2v) is 11.6. The molecular formula is C19H30N4O3S. The van der Waals surface area contributed by atoms with Gasteiger partial charge in [0.15, 0.2) is 0 Å². The second kappa shape index (κ2) is 6.07. The molecule has 3 N–H and O–H groups in total. The van der Waals surface area contributed by atoms with E-state index in [9.17, 15) is 19.2 Å². The monoisotopic (exact) mass is 394 g/mol. The minimum atomic E-state index is -2.62. The molecule has 150 valence electrons. The van der Waals surface area contributed by atoms with E-state index in [2.05, 4.69) is 15.7 Å². The number of hydrogen-bond acceptors (Lipinski definition) is 6. The van der Waals surface area contributed by atoms with E-state index < -0.39 is 10.8 Å². The largest absolute Gasteiger partial charge is 0.326 e. The van der Waals surface area contributed by atoms with E-state index in [0.717, 1.165) is 51.5 Å². The number of rotatable bonds is 4. The van der Waals surface area contributed by atoms with Crippen LogP contribution in [0.5, 0.6) is 0 Å². The van der Waals surface area contributed by atoms with Crippen LogP contribution in [-0.2, 0) is 4.79 Å². The molecule has 5 atom stereocenters. The maximum atomic E-state index is 12.7. The standard InChI is InChI=1S/C19H30N4O3S/c20-11-16-3-1-4-22(16)17(24)12-21-19-9-14-7-15(19)10-18(8-14,13-19)23-5-2-6-27(23,25)26/h14-16,21,25-26H,1-10,12-13H2/t14?,15?,16-,18?,19?/m0/s1. The summed E-state index contributed by atoms with van der Waals surface area (Å²) in [5.74, 6) is 1.69. The van der Waals surface area contributed by atoms with Gasteiger partial charge in [-0.2, -0.15) is 5.26 Å². The van der Waals surface area contributed by atoms with Gasteiger partial charge >= 0.3 is 0 Å². The molecule has 2 heterocycles. The van der Waals surface area contributed by atoms with Crippen molar-refractivity contribution < 1.29 is 13.9 Å². The molecule has 2 aliphatic heterocycles. The molecule has 6 aliphatic rings. The highest BCUT2D eigenvalue weighted by Gasteiger charge is 2.67. The maximum absolute atomic E-state index is 12.7. The molecule has 27 heavy (non-hydrogen) atoms. The summed E-state index contributed by atoms with van der Waals surface area (Å²) in [5.41, 5.74) is -0.140. The minimum absolute atomic E-state index is 0.0409. The number of carbonyl (C=O) groups excluding carboxylic acids is 1. The Hall–Kier alpha value is -0.850. The van der Waals surface area contributed by atoms with Crippen molar-refractivity contribution in [2.75, 3.05) is 25.4 Å². The van der Waals surface area contributed by atoms with Crippen LogP contribution in [-0.4, -0.2) is 66.7 Å². The van der Waals surface area contributed by atoms with Gasteiger partial charge in [-0.3, -0.25) is 13.9 Å². The zero-order valence-electron chi connectivity index (χ0n) is 15.8. The van der Waals surface area contributed by atoms with Crippen molar-refractivity contribution in [2.24, 2.45) is 11.8 Å². The van der Waals surface area contributed by atoms with Crippen LogP contribution < -0.4 is 5.32 Å². The van der Waals surface area contributed by atoms with Crippen LogP contribution in [0, 0.1) is 23.2 Å². The Bertz CT molecular complexity index is 697. The molecule has 2 saturated heterocycles. The third-order valence-electron chi connectivity index (χ3n) is 7.97. The summed E-state index contributed by atoms with van der Waals surface area (Å²) in [6, 6.07) is 1.98. The van der Waals surface area contributed by atoms with Crippen molar-refractivity contribution >= 4 is 16.7 Å². The molecular weight excluding hydrogens is 364 g/mol. The molecule has 4 bridgehead atoms. The van der Waals surface area contributed by atoms with Crippen molar-refractivity contribution in [2.45, 2.75) is 68.5 Å². The molecule has 8 heteroatoms. The molecule has 0 spiro atoms. The highest BCUT2D eigenvalue weighted by molar-refractivity contribution is 8.22. The lowest BCUT2D eigenvalue weighted by Gasteiger charge is -2.52. The van der Waals surface area contributed by atoms with Crippen molar-refractivity contribution in [3.05, 3.63) is 0 Å². The third-order valence-corrected chi connectivity index (χ3v) is 10.1. The number of hydrogen-bond donors (Lipinski definition) is 3. The lowest BCUT2D eigenvalue weighted by molar-refractivity contribution is -0.130. The average molecular weight is 395 g/mol. The normalized spacial score (nSPS) is 46.1. The third kappa shape index (κ3) is 2.66. The molecule has 0 aromatic carbocycles. The maximum Gasteiger partial charge on any atom is 0.237 e. The van der Waals surface area contributed by atoms with Gasteiger partial charge in [0.25, 0.3) is 0 Å². The fourth-order valence-electron chi connectivity index (χ4n) is 7.18. The van der Waals surface area contributed by atoms with E-state index in [0.29, 0.717) is 30.7 Å². The molecule has 6 fully saturated rings. The Labute approximate surface area is 162 Å². The van der Waals surface area contributed by atoms with Crippen molar-refractivity contribution in [1.82, 2.24) is 14.5 Å². The molecule has 4 saturated carbocycles. The zero-order chi connectivity index (χ0) is 18.9. The van der Waals surface area contributed by atoms with Crippen LogP contribution in [0.2, 0.25) is 0 Å². The summed E-state index contributed by atoms with van der Waals surface area (Å²) < 4.78 is 23.2. The number of nitriles is 1. The van der Waals surface area contributed by atoms with Crippen LogP contribution >= 0.6 is 10.8 Å². The van der Waals surface area contributed by atoms with Gasteiger partial charge in [0, 0.05) is 24.2 Å². The molecule has 0 aromatic rings. The van der Waals surface area contributed by atoms with Crippen LogP contribution in [0.3, 0.4) is 0 Å². The fraction of sp³-hybridized carbons (Fsp3) is 0.895. The number of carbonyl (C=O) groups is 1. The lowest BCUT2D eigenvalue weighted by Crippen LogP contribution is -2.56. The molecule has 1 amide bonds. The van der Waals surface area contributed by atoms with E-state index in [4.69, 9.17) is 0 Å². The lowest BCUT2D eigenvalue weighted by atomic mass is 9.74. The summed E-state index contributed by atoms with van der Waals surface area (Å²) in [6.07, 6.45) is 7.87. The molecule has 4 aliphatic carbocycles. The average Bonchev–Trinajstić information content (AvgIpc) is 3.33. The summed E-state index contributed by atoms with van der Waals surface area (Å²) in [7, 11) is -2.62. The smallest absolute Gasteiger partial charge is 0.237 e. The van der Waals surface area contributed by atoms with Crippen molar-refractivity contribution in [3.8, 4) is 6.07 Å². The summed E-state index contributed by atoms with van der Waals surface area (Å²) in [6.45, 7) is 1.78. The number of nitrogens with one attached hydrogen (secondary N) is 1. The SMILES string of the molecule is N#C[C@@H]1CCCN1C(=O)CNC12CC3CC1CC(N1CCCS1(O)O)(C3)C2. The molecule has 6 rings (SSSR count). The van der Waals surface area contributed by atoms with Crippen molar-refractivity contribution in [1.29, 1.82) is 5.26 Å². The topological polar surface area (TPSA) is 99.8 Å². The predicted octanol–water partition coefficient (Wildman–Crippen LogP) is 2.16. The predicted molar refractivity (Wildman–Crippen MR) is 103 cm³/mol. The molecule has 4 unspecified atom stereocenters. The van der Waals surface area contributed by atoms with Gasteiger partial charge in [-0.15, -0.1) is 10.8 Å². The molecule has 7 nitrogen and oxygen atoms in total. The Morgan fingerprint density at radius 2 is 2.11 bits per heavy atom. The molecule has 0 aromatic heterocycles. The summed E-state index contributed by atoms with van der Waals surface area (Å²) in [4.78, 5) is 14.4. The van der Waals surface area contributed by atoms with Crippen LogP contribution in [0.15, 0.2) is 0 Å². The van der Waals surface area contributed by atoms with E-state index in [1.165, 1.54) is 6.42 Å². The van der Waals surface area contributed by atoms with Gasteiger partial charge in [-0.05, 0) is 63.2 Å². The van der Waals surface area contributed by atoms with Crippen molar-refractivity contribution in [3.63, 3.8) is 0 Å². The van der Waals surface area contributed by atoms with Gasteiger partial charge in [0.2, 0.25) is 5.91 Å². The van der Waals surface area contributed by atoms with Crippen LogP contribution in [0.1, 0.15) is 51.4 Å². The number of likely N-dealkylation sites (tertiary alicyclic amines) is 1. The van der Waals surface area contributed by atoms with E-state index in [1.54, 1.807) is 4.90 Å². The van der Waals surface area contributed by atoms with Gasteiger partial charge in [0.05, 0.1) is 18.4 Å². The number of nitrogens with zero attached hydrogens (tertiary/aromatic N) is 3. The fourth-order valence-corrected chi connectivity index (χ4v) is 9.18. The highest BCUT2D eigenvalue weighted by atomic mass is 32.3. The Balaban J connectivity index is 1.31. The van der Waals surface area contributed by atoms with Gasteiger partial charge in [-0.1, -0.05) is 0 Å². The van der Waals surface area contributed by atoms with E-state index >= 15 is 0 Å². The number of amides is 1. The van der Waals surface area contributed by atoms with Gasteiger partial charge < -0.3 is 10.2 Å². The van der Waals surface area contributed by atoms with Crippen LogP contribution in [0.25, 0.3) is 0 Å². The minimum Gasteiger partial charge on any atom is -0.326 e. The summed E-state index contributed by atoms with van der Waals surface area (Å²) >= 11 is 0. The highest BCUT2D eigenvalue weighted by Crippen LogP contribution is 2.68. The quantitative estimate of drug-likeness (QED) is 0.676. The van der Waals surface area contributed by atoms with Gasteiger partial charge in [-0.25, -0.2) is 4.31 Å².